The minimum Gasteiger partial charge on any atom is -0.480 e. The Morgan fingerprint density at radius 3 is 2.26 bits per heavy atom. The molecule has 10 nitrogen and oxygen atoms in total. The van der Waals surface area contributed by atoms with Crippen LogP contribution in [0.4, 0.5) is 4.79 Å². The Hall–Kier alpha value is -2.66. The maximum absolute atomic E-state index is 12.2. The van der Waals surface area contributed by atoms with Crippen LogP contribution in [0.15, 0.2) is 29.2 Å². The lowest BCUT2D eigenvalue weighted by molar-refractivity contribution is -0.141. The second-order valence-electron chi connectivity index (χ2n) is 8.02. The molecule has 1 aromatic rings. The van der Waals surface area contributed by atoms with E-state index in [0.29, 0.717) is 12.8 Å². The van der Waals surface area contributed by atoms with Crippen molar-refractivity contribution in [3.63, 3.8) is 0 Å². The predicted molar refractivity (Wildman–Crippen MR) is 114 cm³/mol. The number of amides is 2. The molecule has 4 N–H and O–H groups in total. The van der Waals surface area contributed by atoms with Crippen LogP contribution in [0.5, 0.6) is 0 Å². The minimum absolute atomic E-state index is 0.111. The van der Waals surface area contributed by atoms with Gasteiger partial charge in [0.2, 0.25) is 15.9 Å². The van der Waals surface area contributed by atoms with Gasteiger partial charge in [0.15, 0.2) is 0 Å². The van der Waals surface area contributed by atoms with Crippen LogP contribution in [0.1, 0.15) is 45.6 Å². The smallest absolute Gasteiger partial charge is 0.408 e. The van der Waals surface area contributed by atoms with E-state index in [-0.39, 0.29) is 17.9 Å². The van der Waals surface area contributed by atoms with E-state index in [0.717, 1.165) is 5.56 Å². The fraction of sp³-hybridized carbons (Fsp3) is 0.550. The molecule has 174 valence electrons. The Labute approximate surface area is 182 Å². The van der Waals surface area contributed by atoms with E-state index in [1.807, 2.05) is 6.92 Å². The first kappa shape index (κ1) is 26.4. The zero-order valence-corrected chi connectivity index (χ0v) is 19.0. The summed E-state index contributed by atoms with van der Waals surface area (Å²) >= 11 is 0. The number of carboxylic acid groups (broad SMARTS) is 1. The monoisotopic (exact) mass is 457 g/mol. The molecule has 1 rings (SSSR count). The number of ether oxygens (including phenoxy) is 1. The van der Waals surface area contributed by atoms with Crippen molar-refractivity contribution in [1.29, 1.82) is 0 Å². The number of hydrogen-bond donors (Lipinski definition) is 4. The van der Waals surface area contributed by atoms with E-state index < -0.39 is 46.2 Å². The summed E-state index contributed by atoms with van der Waals surface area (Å²) in [6.07, 6.45) is 0.0868. The predicted octanol–water partition coefficient (Wildman–Crippen LogP) is 1.54. The highest BCUT2D eigenvalue weighted by molar-refractivity contribution is 7.89. The van der Waals surface area contributed by atoms with Crippen LogP contribution in [0, 0.1) is 6.92 Å². The number of unbranched alkanes of at least 4 members (excludes halogenated alkanes) is 1. The van der Waals surface area contributed by atoms with Gasteiger partial charge in [-0.25, -0.2) is 22.7 Å². The van der Waals surface area contributed by atoms with Crippen LogP contribution in [-0.4, -0.2) is 56.2 Å². The van der Waals surface area contributed by atoms with Gasteiger partial charge in [0.25, 0.3) is 0 Å². The zero-order chi connectivity index (χ0) is 23.7. The van der Waals surface area contributed by atoms with Crippen molar-refractivity contribution in [3.8, 4) is 0 Å². The molecule has 0 aromatic heterocycles. The molecule has 0 unspecified atom stereocenters. The summed E-state index contributed by atoms with van der Waals surface area (Å²) in [5, 5.41) is 13.8. The highest BCUT2D eigenvalue weighted by Gasteiger charge is 2.21. The van der Waals surface area contributed by atoms with Crippen molar-refractivity contribution in [2.45, 2.75) is 63.5 Å². The summed E-state index contributed by atoms with van der Waals surface area (Å²) in [5.41, 5.74) is 0.229. The highest BCUT2D eigenvalue weighted by atomic mass is 32.2. The van der Waals surface area contributed by atoms with Crippen LogP contribution < -0.4 is 15.4 Å². The average Bonchev–Trinajstić information content (AvgIpc) is 2.64. The molecule has 0 saturated heterocycles. The molecule has 0 spiro atoms. The van der Waals surface area contributed by atoms with E-state index in [9.17, 15) is 27.9 Å². The van der Waals surface area contributed by atoms with Crippen molar-refractivity contribution in [2.24, 2.45) is 0 Å². The normalized spacial score (nSPS) is 12.6. The third-order valence-electron chi connectivity index (χ3n) is 3.97. The van der Waals surface area contributed by atoms with Gasteiger partial charge in [-0.1, -0.05) is 17.7 Å². The number of carbonyl (C=O) groups is 3. The number of aryl methyl sites for hydroxylation is 1. The molecule has 1 aromatic carbocycles. The molecular weight excluding hydrogens is 426 g/mol. The number of alkyl carbamates (subject to hydrolysis) is 1. The fourth-order valence-corrected chi connectivity index (χ4v) is 3.52. The van der Waals surface area contributed by atoms with Crippen molar-refractivity contribution in [2.75, 3.05) is 13.1 Å². The van der Waals surface area contributed by atoms with Gasteiger partial charge in [0.1, 0.15) is 18.2 Å². The number of carboxylic acids is 1. The van der Waals surface area contributed by atoms with E-state index in [2.05, 4.69) is 15.4 Å². The second-order valence-corrected chi connectivity index (χ2v) is 9.79. The molecule has 0 bridgehead atoms. The Morgan fingerprint density at radius 2 is 1.71 bits per heavy atom. The Bertz CT molecular complexity index is 862. The molecule has 0 aliphatic rings. The molecule has 0 radical (unpaired) electrons. The minimum atomic E-state index is -3.63. The number of aliphatic carboxylic acids is 1. The van der Waals surface area contributed by atoms with Gasteiger partial charge in [-0.2, -0.15) is 0 Å². The summed E-state index contributed by atoms with van der Waals surface area (Å²) in [5.74, 6) is -1.89. The summed E-state index contributed by atoms with van der Waals surface area (Å²) < 4.78 is 31.9. The molecule has 0 aliphatic carbocycles. The summed E-state index contributed by atoms with van der Waals surface area (Å²) in [6.45, 7) is 6.59. The van der Waals surface area contributed by atoms with Crippen LogP contribution in [0.25, 0.3) is 0 Å². The lowest BCUT2D eigenvalue weighted by Crippen LogP contribution is -2.46. The molecule has 0 fully saturated rings. The van der Waals surface area contributed by atoms with Gasteiger partial charge < -0.3 is 20.5 Å². The summed E-state index contributed by atoms with van der Waals surface area (Å²) in [7, 11) is -3.63. The number of hydrogen-bond acceptors (Lipinski definition) is 6. The third kappa shape index (κ3) is 10.8. The first-order valence-corrected chi connectivity index (χ1v) is 11.3. The van der Waals surface area contributed by atoms with E-state index in [4.69, 9.17) is 4.74 Å². The van der Waals surface area contributed by atoms with E-state index in [1.54, 1.807) is 32.9 Å². The van der Waals surface area contributed by atoms with Crippen LogP contribution >= 0.6 is 0 Å². The largest absolute Gasteiger partial charge is 0.480 e. The SMILES string of the molecule is Cc1ccc(S(=O)(=O)NCCCC[C@H](NC(=O)CNC(=O)OC(C)(C)C)C(=O)O)cc1. The van der Waals surface area contributed by atoms with Gasteiger partial charge in [0, 0.05) is 6.54 Å². The summed E-state index contributed by atoms with van der Waals surface area (Å²) in [6, 6.07) is 5.28. The van der Waals surface area contributed by atoms with Gasteiger partial charge in [-0.05, 0) is 59.1 Å². The topological polar surface area (TPSA) is 151 Å². The number of rotatable bonds is 11. The number of benzene rings is 1. The van der Waals surface area contributed by atoms with Gasteiger partial charge in [-0.3, -0.25) is 4.79 Å². The molecule has 0 saturated carbocycles. The van der Waals surface area contributed by atoms with Gasteiger partial charge >= 0.3 is 12.1 Å². The maximum atomic E-state index is 12.2. The van der Waals surface area contributed by atoms with E-state index in [1.165, 1.54) is 12.1 Å². The zero-order valence-electron chi connectivity index (χ0n) is 18.2. The van der Waals surface area contributed by atoms with E-state index >= 15 is 0 Å². The fourth-order valence-electron chi connectivity index (χ4n) is 2.45. The molecule has 31 heavy (non-hydrogen) atoms. The lowest BCUT2D eigenvalue weighted by Gasteiger charge is -2.20. The lowest BCUT2D eigenvalue weighted by atomic mass is 10.1. The Balaban J connectivity index is 2.38. The highest BCUT2D eigenvalue weighted by Crippen LogP contribution is 2.10. The number of nitrogens with one attached hydrogen (secondary N) is 3. The van der Waals surface area contributed by atoms with Crippen molar-refractivity contribution < 1.29 is 32.6 Å². The van der Waals surface area contributed by atoms with Crippen LogP contribution in [0.2, 0.25) is 0 Å². The molecular formula is C20H31N3O7S. The van der Waals surface area contributed by atoms with Crippen molar-refractivity contribution >= 4 is 28.0 Å². The van der Waals surface area contributed by atoms with Crippen molar-refractivity contribution in [1.82, 2.24) is 15.4 Å². The van der Waals surface area contributed by atoms with Crippen LogP contribution in [0.3, 0.4) is 0 Å². The molecule has 11 heteroatoms. The molecule has 0 aliphatic heterocycles. The quantitative estimate of drug-likeness (QED) is 0.368. The van der Waals surface area contributed by atoms with Crippen molar-refractivity contribution in [3.05, 3.63) is 29.8 Å². The Morgan fingerprint density at radius 1 is 1.10 bits per heavy atom. The summed E-state index contributed by atoms with van der Waals surface area (Å²) in [4.78, 5) is 35.0. The number of carbonyl (C=O) groups excluding carboxylic acids is 2. The number of sulfonamides is 1. The molecule has 0 heterocycles. The standard InChI is InChI=1S/C20H31N3O7S/c1-14-8-10-15(11-9-14)31(28,29)22-12-6-5-7-16(18(25)26)23-17(24)13-21-19(27)30-20(2,3)4/h8-11,16,22H,5-7,12-13H2,1-4H3,(H,21,27)(H,23,24)(H,25,26)/t16-/m0/s1. The second kappa shape index (κ2) is 11.7. The Kier molecular flexibility index (Phi) is 9.92. The third-order valence-corrected chi connectivity index (χ3v) is 5.45. The maximum Gasteiger partial charge on any atom is 0.408 e. The van der Waals surface area contributed by atoms with Gasteiger partial charge in [-0.15, -0.1) is 0 Å². The van der Waals surface area contributed by atoms with Gasteiger partial charge in [0.05, 0.1) is 4.90 Å². The van der Waals surface area contributed by atoms with Crippen LogP contribution in [-0.2, 0) is 24.3 Å². The first-order chi connectivity index (χ1) is 14.3. The molecule has 2 amide bonds. The average molecular weight is 458 g/mol. The molecule has 1 atom stereocenters. The first-order valence-electron chi connectivity index (χ1n) is 9.85.